The number of hydroxylamine groups is 1. The average Bonchev–Trinajstić information content (AvgIpc) is 2.98. The number of urea groups is 1. The van der Waals surface area contributed by atoms with Gasteiger partial charge in [-0.2, -0.15) is 0 Å². The predicted molar refractivity (Wildman–Crippen MR) is 67.8 cm³/mol. The molecule has 2 unspecified atom stereocenters. The average molecular weight is 256 g/mol. The topological polar surface area (TPSA) is 70.6 Å². The largest absolute Gasteiger partial charge is 0.396 e. The lowest BCUT2D eigenvalue weighted by Crippen LogP contribution is -2.49. The maximum Gasteiger partial charge on any atom is 0.338 e. The van der Waals surface area contributed by atoms with Gasteiger partial charge in [-0.3, -0.25) is 4.84 Å². The summed E-state index contributed by atoms with van der Waals surface area (Å²) >= 11 is 0. The molecule has 2 amide bonds. The molecule has 5 heteroatoms. The van der Waals surface area contributed by atoms with E-state index in [0.29, 0.717) is 0 Å². The molecule has 0 spiro atoms. The fraction of sp³-hybridized carbons (Fsp3) is 0.923. The van der Waals surface area contributed by atoms with Gasteiger partial charge in [-0.1, -0.05) is 26.2 Å². The van der Waals surface area contributed by atoms with E-state index < -0.39 is 0 Å². The van der Waals surface area contributed by atoms with Gasteiger partial charge in [0.25, 0.3) is 0 Å². The third-order valence-corrected chi connectivity index (χ3v) is 4.37. The number of carbonyl (C=O) groups excluding carboxylic acids is 1. The molecule has 5 nitrogen and oxygen atoms in total. The van der Waals surface area contributed by atoms with E-state index in [4.69, 9.17) is 4.84 Å². The Balaban J connectivity index is 1.73. The van der Waals surface area contributed by atoms with E-state index in [2.05, 4.69) is 10.8 Å². The van der Waals surface area contributed by atoms with E-state index in [0.717, 1.165) is 32.1 Å². The van der Waals surface area contributed by atoms with Crippen LogP contribution in [0.3, 0.4) is 0 Å². The summed E-state index contributed by atoms with van der Waals surface area (Å²) in [6.45, 7) is 2.13. The lowest BCUT2D eigenvalue weighted by Gasteiger charge is -2.30. The van der Waals surface area contributed by atoms with Crippen LogP contribution in [0.4, 0.5) is 4.79 Å². The normalized spacial score (nSPS) is 32.7. The third-order valence-electron chi connectivity index (χ3n) is 4.37. The van der Waals surface area contributed by atoms with Gasteiger partial charge in [0.05, 0.1) is 12.7 Å². The lowest BCUT2D eigenvalue weighted by atomic mass is 9.86. The van der Waals surface area contributed by atoms with Gasteiger partial charge in [-0.15, -0.1) is 0 Å². The Morgan fingerprint density at radius 2 is 2.06 bits per heavy atom. The van der Waals surface area contributed by atoms with Crippen LogP contribution in [0.1, 0.15) is 51.9 Å². The Labute approximate surface area is 108 Å². The fourth-order valence-corrected chi connectivity index (χ4v) is 3.00. The molecule has 104 valence electrons. The molecule has 2 saturated carbocycles. The number of hydrogen-bond donors (Lipinski definition) is 3. The summed E-state index contributed by atoms with van der Waals surface area (Å²) < 4.78 is 0. The minimum atomic E-state index is -0.284. The zero-order valence-electron chi connectivity index (χ0n) is 11.1. The second-order valence-corrected chi connectivity index (χ2v) is 5.86. The highest BCUT2D eigenvalue weighted by Crippen LogP contribution is 2.37. The summed E-state index contributed by atoms with van der Waals surface area (Å²) in [5.74, 6) is 0. The van der Waals surface area contributed by atoms with Gasteiger partial charge in [0.15, 0.2) is 0 Å². The number of nitrogens with one attached hydrogen (secondary N) is 2. The van der Waals surface area contributed by atoms with Crippen molar-refractivity contribution in [3.8, 4) is 0 Å². The molecule has 2 atom stereocenters. The molecule has 2 rings (SSSR count). The molecule has 0 bridgehead atoms. The number of carbonyl (C=O) groups is 1. The van der Waals surface area contributed by atoms with Gasteiger partial charge in [-0.25, -0.2) is 10.3 Å². The minimum Gasteiger partial charge on any atom is -0.396 e. The smallest absolute Gasteiger partial charge is 0.338 e. The highest BCUT2D eigenvalue weighted by Gasteiger charge is 2.39. The van der Waals surface area contributed by atoms with Crippen molar-refractivity contribution in [3.63, 3.8) is 0 Å². The molecular formula is C13H24N2O3. The maximum atomic E-state index is 11.7. The summed E-state index contributed by atoms with van der Waals surface area (Å²) in [7, 11) is 0. The molecule has 0 heterocycles. The Morgan fingerprint density at radius 3 is 2.72 bits per heavy atom. The third kappa shape index (κ3) is 3.14. The Hall–Kier alpha value is -0.810. The van der Waals surface area contributed by atoms with Gasteiger partial charge in [0, 0.05) is 11.5 Å². The standard InChI is InChI=1S/C13H24N2O3/c1-13(9-16)8-4-7-11(13)14-12(17)15-18-10-5-2-3-6-10/h10-11,16H,2-9H2,1H3,(H2,14,15,17). The van der Waals surface area contributed by atoms with E-state index in [1.807, 2.05) is 6.92 Å². The minimum absolute atomic E-state index is 0.0367. The SMILES string of the molecule is CC1(CO)CCCC1NC(=O)NOC1CCCC1. The van der Waals surface area contributed by atoms with E-state index in [1.54, 1.807) is 0 Å². The van der Waals surface area contributed by atoms with Gasteiger partial charge < -0.3 is 10.4 Å². The first kappa shape index (κ1) is 13.6. The summed E-state index contributed by atoms with van der Waals surface area (Å²) in [6.07, 6.45) is 7.51. The molecule has 18 heavy (non-hydrogen) atoms. The number of rotatable bonds is 4. The van der Waals surface area contributed by atoms with Crippen molar-refractivity contribution in [1.82, 2.24) is 10.8 Å². The molecule has 0 saturated heterocycles. The molecule has 2 aliphatic rings. The molecular weight excluding hydrogens is 232 g/mol. The van der Waals surface area contributed by atoms with Crippen LogP contribution in [0.25, 0.3) is 0 Å². The second kappa shape index (κ2) is 5.89. The van der Waals surface area contributed by atoms with Crippen LogP contribution >= 0.6 is 0 Å². The first-order chi connectivity index (χ1) is 8.64. The van der Waals surface area contributed by atoms with E-state index in [1.165, 1.54) is 12.8 Å². The van der Waals surface area contributed by atoms with E-state index in [9.17, 15) is 9.90 Å². The quantitative estimate of drug-likeness (QED) is 0.671. The Morgan fingerprint density at radius 1 is 1.33 bits per heavy atom. The highest BCUT2D eigenvalue weighted by molar-refractivity contribution is 5.73. The van der Waals surface area contributed by atoms with Gasteiger partial charge in [0.2, 0.25) is 0 Å². The van der Waals surface area contributed by atoms with Gasteiger partial charge in [-0.05, 0) is 25.7 Å². The molecule has 0 aliphatic heterocycles. The molecule has 0 radical (unpaired) electrons. The second-order valence-electron chi connectivity index (χ2n) is 5.86. The van der Waals surface area contributed by atoms with Crippen molar-refractivity contribution in [3.05, 3.63) is 0 Å². The molecule has 0 aromatic carbocycles. The highest BCUT2D eigenvalue weighted by atomic mass is 16.7. The molecule has 2 aliphatic carbocycles. The summed E-state index contributed by atoms with van der Waals surface area (Å²) in [5, 5.41) is 12.3. The van der Waals surface area contributed by atoms with Crippen molar-refractivity contribution in [2.75, 3.05) is 6.61 Å². The number of hydrogen-bond acceptors (Lipinski definition) is 3. The van der Waals surface area contributed by atoms with E-state index >= 15 is 0 Å². The zero-order chi connectivity index (χ0) is 13.0. The van der Waals surface area contributed by atoms with Crippen LogP contribution < -0.4 is 10.8 Å². The summed E-state index contributed by atoms with van der Waals surface area (Å²) in [5.41, 5.74) is 2.29. The molecule has 0 aromatic rings. The van der Waals surface area contributed by atoms with Crippen molar-refractivity contribution in [2.24, 2.45) is 5.41 Å². The Kier molecular flexibility index (Phi) is 4.45. The number of amides is 2. The van der Waals surface area contributed by atoms with Crippen LogP contribution in [0.2, 0.25) is 0 Å². The van der Waals surface area contributed by atoms with Crippen LogP contribution in [0, 0.1) is 5.41 Å². The van der Waals surface area contributed by atoms with Crippen molar-refractivity contribution in [1.29, 1.82) is 0 Å². The first-order valence-corrected chi connectivity index (χ1v) is 6.97. The van der Waals surface area contributed by atoms with Crippen LogP contribution in [0.15, 0.2) is 0 Å². The first-order valence-electron chi connectivity index (χ1n) is 6.97. The number of aliphatic hydroxyl groups is 1. The van der Waals surface area contributed by atoms with E-state index in [-0.39, 0.29) is 30.2 Å². The molecule has 3 N–H and O–H groups in total. The van der Waals surface area contributed by atoms with Crippen LogP contribution in [-0.4, -0.2) is 29.9 Å². The summed E-state index contributed by atoms with van der Waals surface area (Å²) in [6, 6.07) is -0.247. The van der Waals surface area contributed by atoms with Crippen molar-refractivity contribution >= 4 is 6.03 Å². The van der Waals surface area contributed by atoms with Crippen LogP contribution in [-0.2, 0) is 4.84 Å². The van der Waals surface area contributed by atoms with Gasteiger partial charge >= 0.3 is 6.03 Å². The van der Waals surface area contributed by atoms with Gasteiger partial charge in [0.1, 0.15) is 0 Å². The van der Waals surface area contributed by atoms with Crippen LogP contribution in [0.5, 0.6) is 0 Å². The predicted octanol–water partition coefficient (Wildman–Crippen LogP) is 1.71. The lowest BCUT2D eigenvalue weighted by molar-refractivity contribution is -0.00185. The monoisotopic (exact) mass is 256 g/mol. The number of aliphatic hydroxyl groups excluding tert-OH is 1. The van der Waals surface area contributed by atoms with Crippen molar-refractivity contribution < 1.29 is 14.7 Å². The maximum absolute atomic E-state index is 11.7. The fourth-order valence-electron chi connectivity index (χ4n) is 3.00. The molecule has 0 aromatic heterocycles. The summed E-state index contributed by atoms with van der Waals surface area (Å²) in [4.78, 5) is 17.1. The van der Waals surface area contributed by atoms with Crippen molar-refractivity contribution in [2.45, 2.75) is 64.0 Å². The zero-order valence-corrected chi connectivity index (χ0v) is 11.1. The Bertz CT molecular complexity index is 292. The molecule has 2 fully saturated rings.